The fourth-order valence-corrected chi connectivity index (χ4v) is 20.9. The van der Waals surface area contributed by atoms with Gasteiger partial charge in [0.2, 0.25) is 17.8 Å². The molecule has 8 aromatic heterocycles. The number of morpholine rings is 1. The van der Waals surface area contributed by atoms with Crippen molar-refractivity contribution < 1.29 is 26.1 Å². The van der Waals surface area contributed by atoms with Crippen LogP contribution in [-0.2, 0) is 62.5 Å². The molecular weight excluding hydrogens is 1780 g/mol. The van der Waals surface area contributed by atoms with E-state index in [9.17, 15) is 35.8 Å². The number of nitrogens with one attached hydrogen (secondary N) is 4. The molecule has 3 fully saturated rings. The molecule has 18 rings (SSSR count). The normalized spacial score (nSPS) is 16.0. The number of fused-ring (bicyclic) bond motifs is 3. The molecule has 0 aliphatic carbocycles. The molecule has 674 valence electrons. The first-order valence-corrected chi connectivity index (χ1v) is 48.5. The van der Waals surface area contributed by atoms with Crippen LogP contribution in [0.5, 0.6) is 0 Å². The van der Waals surface area contributed by atoms with Gasteiger partial charge in [0.1, 0.15) is 28.5 Å². The Balaban J connectivity index is 0.000000144. The Morgan fingerprint density at radius 2 is 1.14 bits per heavy atom. The van der Waals surface area contributed by atoms with Gasteiger partial charge >= 0.3 is 0 Å². The number of likely N-dealkylation sites (N-methyl/N-ethyl adjacent to an activating group) is 1. The Labute approximate surface area is 771 Å². The fourth-order valence-electron chi connectivity index (χ4n) is 16.7. The highest BCUT2D eigenvalue weighted by atomic mass is 79.9. The summed E-state index contributed by atoms with van der Waals surface area (Å²) >= 11 is 3.40. The molecule has 3 saturated heterocycles. The molecule has 0 saturated carbocycles. The van der Waals surface area contributed by atoms with E-state index in [1.54, 1.807) is 116 Å². The highest BCUT2D eigenvalue weighted by molar-refractivity contribution is 9.10. The number of aromatic nitrogens is 12. The van der Waals surface area contributed by atoms with E-state index in [4.69, 9.17) is 19.7 Å². The van der Waals surface area contributed by atoms with Crippen LogP contribution in [-0.4, -0.2) is 171 Å². The lowest BCUT2D eigenvalue weighted by Crippen LogP contribution is -2.33. The number of pyridine rings is 4. The number of nitrogens with zero attached hydrogens (tertiary/aromatic N) is 15. The molecule has 15 aromatic rings. The summed E-state index contributed by atoms with van der Waals surface area (Å²) in [5.74, 6) is 2.95. The van der Waals surface area contributed by atoms with Crippen molar-refractivity contribution in [1.29, 1.82) is 0 Å². The minimum Gasteiger partial charge on any atom is -0.371 e. The first kappa shape index (κ1) is 91.8. The quantitative estimate of drug-likeness (QED) is 0.0366. The summed E-state index contributed by atoms with van der Waals surface area (Å²) in [5, 5.41) is 15.3. The standard InChI is InChI=1S/C34H36N6O3S.C33H35F2N7O2S.C32H31BrN6O2S/c1-3-39(4-2)29-20-26-21-36-34(37-27-16-14-24(15-17-27)30-22-35-18-19-43-30)38-32(26)40(33(29)41)23-25-10-8-9-13-31(25)44(42)28-11-6-5-7-12-28;1-33(34,35)21-45(44)27-10-4-22(5-11-27)20-42-29-25(18-28(31(42)43)30-36-14-17-41(30)3)19-37-32(39-29)38-26-8-6-23(7-9-26)24-12-15-40(2)16-13-24;1-38-16-4-6-24(21-38)23-8-10-26(11-9-23)36-32-35-19-25-18-29(33)31(40)39(30(25)37-32)20-22-5-3-7-28(17-22)42(2,41)27-12-14-34-15-13-27/h5-17,20-21,30,35H,3-4,18-19,22-23H2,1-2H3,(H,36,37,38);4-11,14,17-19,24H,12-13,15-16,20-21H2,1-3H3,(H,37,38,39);3,5,7-15,17-19,24H,2,4,6,16,20-21H2,1H3,(H,35,36,37). The summed E-state index contributed by atoms with van der Waals surface area (Å²) in [6.45, 7) is 13.5. The molecule has 0 spiro atoms. The van der Waals surface area contributed by atoms with Gasteiger partial charge in [-0.25, -0.2) is 32.9 Å². The molecule has 11 heterocycles. The van der Waals surface area contributed by atoms with Crippen molar-refractivity contribution in [3.05, 3.63) is 319 Å². The number of alkyl halides is 2. The van der Waals surface area contributed by atoms with Crippen molar-refractivity contribution in [2.24, 2.45) is 7.05 Å². The van der Waals surface area contributed by atoms with Crippen LogP contribution < -0.4 is 42.8 Å². The van der Waals surface area contributed by atoms with Crippen LogP contribution in [0.25, 0.3) is 44.5 Å². The minimum atomic E-state index is -3.04. The van der Waals surface area contributed by atoms with Crippen molar-refractivity contribution >= 4 is 127 Å². The lowest BCUT2D eigenvalue weighted by atomic mass is 9.89. The van der Waals surface area contributed by atoms with Crippen LogP contribution in [0.1, 0.15) is 97.8 Å². The lowest BCUT2D eigenvalue weighted by Gasteiger charge is -2.30. The summed E-state index contributed by atoms with van der Waals surface area (Å²) < 4.78 is 79.4. The molecule has 5 atom stereocenters. The van der Waals surface area contributed by atoms with E-state index in [0.29, 0.717) is 118 Å². The zero-order valence-electron chi connectivity index (χ0n) is 73.6. The fraction of sp³-hybridized carbons (Fsp3) is 0.273. The molecule has 3 aliphatic rings. The largest absolute Gasteiger partial charge is 0.371 e. The van der Waals surface area contributed by atoms with Crippen molar-refractivity contribution in [3.63, 3.8) is 0 Å². The number of hydrogen-bond acceptors (Lipinski definition) is 22. The van der Waals surface area contributed by atoms with Gasteiger partial charge in [0, 0.05) is 157 Å². The number of likely N-dealkylation sites (tertiary alicyclic amines) is 2. The molecule has 32 heteroatoms. The van der Waals surface area contributed by atoms with Gasteiger partial charge in [-0.15, -0.1) is 0 Å². The van der Waals surface area contributed by atoms with Crippen LogP contribution >= 0.6 is 15.9 Å². The third-order valence-electron chi connectivity index (χ3n) is 23.7. The molecule has 0 amide bonds. The van der Waals surface area contributed by atoms with Crippen molar-refractivity contribution in [1.82, 2.24) is 73.3 Å². The molecule has 26 nitrogen and oxygen atoms in total. The van der Waals surface area contributed by atoms with Crippen molar-refractivity contribution in [2.75, 3.05) is 99.7 Å². The minimum absolute atomic E-state index is 0.0308. The summed E-state index contributed by atoms with van der Waals surface area (Å²) in [4.78, 5) is 87.4. The topological polar surface area (TPSA) is 292 Å². The predicted molar refractivity (Wildman–Crippen MR) is 520 cm³/mol. The van der Waals surface area contributed by atoms with E-state index >= 15 is 0 Å². The molecule has 0 bridgehead atoms. The van der Waals surface area contributed by atoms with Gasteiger partial charge in [-0.3, -0.25) is 41.5 Å². The number of rotatable bonds is 26. The third-order valence-corrected chi connectivity index (χ3v) is 29.4. The number of aryl methyl sites for hydroxylation is 1. The zero-order chi connectivity index (χ0) is 91.5. The van der Waals surface area contributed by atoms with E-state index in [-0.39, 0.29) is 42.4 Å². The Hall–Kier alpha value is -12.5. The van der Waals surface area contributed by atoms with Gasteiger partial charge in [-0.2, -0.15) is 15.0 Å². The Morgan fingerprint density at radius 1 is 0.573 bits per heavy atom. The number of piperidine rings is 2. The van der Waals surface area contributed by atoms with Gasteiger partial charge in [0.15, 0.2) is 0 Å². The van der Waals surface area contributed by atoms with Crippen molar-refractivity contribution in [3.8, 4) is 11.4 Å². The van der Waals surface area contributed by atoms with E-state index in [1.165, 1.54) is 24.0 Å². The summed E-state index contributed by atoms with van der Waals surface area (Å²) in [7, 11) is 0.149. The maximum atomic E-state index is 14.1. The average Bonchev–Trinajstić information content (AvgIpc) is 1.58. The first-order chi connectivity index (χ1) is 63.4. The van der Waals surface area contributed by atoms with E-state index in [1.807, 2.05) is 141 Å². The molecule has 7 aromatic carbocycles. The van der Waals surface area contributed by atoms with Crippen LogP contribution in [0.3, 0.4) is 0 Å². The second-order valence-corrected chi connectivity index (χ2v) is 39.1. The Kier molecular flexibility index (Phi) is 28.9. The maximum Gasteiger partial charge on any atom is 0.276 e. The third kappa shape index (κ3) is 22.1. The monoisotopic (exact) mass is 1880 g/mol. The van der Waals surface area contributed by atoms with Gasteiger partial charge in [0.05, 0.1) is 69.7 Å². The summed E-state index contributed by atoms with van der Waals surface area (Å²) in [6, 6.07) is 64.4. The second kappa shape index (κ2) is 41.3. The SMILES string of the molecule is C=S(=O)(c1ccncc1)c1cccc(Cn2c(=O)c(Br)cc3cnc(Nc4ccc(C5CCCN(C)C5)cc4)nc32)c1.CCN(CC)c1cc2cnc(Nc3ccc(C4CNCCO4)cc3)nc2n(Cc2ccccc2S(=O)c2ccccc2)c1=O.CN1CCC(c2ccc(Nc3ncc4cc(-c5nccn5C)c(=O)n(Cc5ccc(S(=O)CC(C)(F)F)cc5)c4n3)cc2)CC1. The zero-order valence-corrected chi connectivity index (χ0v) is 77.6. The number of imidazole rings is 1. The highest BCUT2D eigenvalue weighted by Crippen LogP contribution is 2.34. The molecule has 4 N–H and O–H groups in total. The van der Waals surface area contributed by atoms with Crippen LogP contribution in [0.4, 0.5) is 49.4 Å². The number of hydrogen-bond donors (Lipinski definition) is 4. The summed E-state index contributed by atoms with van der Waals surface area (Å²) in [6.07, 6.45) is 16.5. The number of benzene rings is 7. The smallest absolute Gasteiger partial charge is 0.276 e. The Morgan fingerprint density at radius 3 is 1.72 bits per heavy atom. The van der Waals surface area contributed by atoms with Gasteiger partial charge in [-0.05, 0) is 249 Å². The molecule has 0 radical (unpaired) electrons. The van der Waals surface area contributed by atoms with Crippen molar-refractivity contribution in [2.45, 2.75) is 114 Å². The maximum absolute atomic E-state index is 14.1. The van der Waals surface area contributed by atoms with Crippen LogP contribution in [0.15, 0.2) is 293 Å². The molecule has 131 heavy (non-hydrogen) atoms. The highest BCUT2D eigenvalue weighted by Gasteiger charge is 2.28. The van der Waals surface area contributed by atoms with E-state index < -0.39 is 42.8 Å². The van der Waals surface area contributed by atoms with Gasteiger partial charge < -0.3 is 45.3 Å². The second-order valence-electron chi connectivity index (χ2n) is 33.1. The molecule has 3 aliphatic heterocycles. The van der Waals surface area contributed by atoms with E-state index in [0.717, 1.165) is 109 Å². The molecular formula is C99H102BrF2N19O7S3. The number of anilines is 7. The van der Waals surface area contributed by atoms with Gasteiger partial charge in [0.25, 0.3) is 22.6 Å². The van der Waals surface area contributed by atoms with Crippen LogP contribution in [0.2, 0.25) is 0 Å². The number of ether oxygens (including phenoxy) is 1. The van der Waals surface area contributed by atoms with Crippen LogP contribution in [0, 0.1) is 0 Å². The summed E-state index contributed by atoms with van der Waals surface area (Å²) in [5.41, 5.74) is 10.4. The van der Waals surface area contributed by atoms with E-state index in [2.05, 4.69) is 128 Å². The molecule has 5 unspecified atom stereocenters. The average molecular weight is 1880 g/mol. The first-order valence-electron chi connectivity index (χ1n) is 43.5. The Bertz CT molecular complexity index is 6940. The predicted octanol–water partition coefficient (Wildman–Crippen LogP) is 16.5. The number of halogens is 3. The van der Waals surface area contributed by atoms with Gasteiger partial charge in [-0.1, -0.05) is 97.1 Å². The lowest BCUT2D eigenvalue weighted by molar-refractivity contribution is 0.0277.